The van der Waals surface area contributed by atoms with Gasteiger partial charge in [-0.3, -0.25) is 4.79 Å². The predicted octanol–water partition coefficient (Wildman–Crippen LogP) is 2.91. The van der Waals surface area contributed by atoms with Gasteiger partial charge in [0.25, 0.3) is 5.91 Å². The lowest BCUT2D eigenvalue weighted by Crippen LogP contribution is -2.49. The highest BCUT2D eigenvalue weighted by Crippen LogP contribution is 2.21. The highest BCUT2D eigenvalue weighted by molar-refractivity contribution is 6.30. The molecule has 2 heterocycles. The van der Waals surface area contributed by atoms with Gasteiger partial charge in [0, 0.05) is 43.4 Å². The molecule has 1 amide bonds. The number of hydrogen-bond acceptors (Lipinski definition) is 5. The summed E-state index contributed by atoms with van der Waals surface area (Å²) in [7, 11) is 0. The Morgan fingerprint density at radius 1 is 1.16 bits per heavy atom. The molecule has 2 aromatic rings. The van der Waals surface area contributed by atoms with Crippen LogP contribution in [0.25, 0.3) is 0 Å². The zero-order valence-electron chi connectivity index (χ0n) is 14.3. The van der Waals surface area contributed by atoms with E-state index in [4.69, 9.17) is 11.6 Å². The van der Waals surface area contributed by atoms with Gasteiger partial charge in [0.1, 0.15) is 5.82 Å². The Morgan fingerprint density at radius 3 is 2.60 bits per heavy atom. The van der Waals surface area contributed by atoms with E-state index in [1.165, 1.54) is 0 Å². The summed E-state index contributed by atoms with van der Waals surface area (Å²) in [6.45, 7) is 5.78. The number of carbonyl (C=O) groups excluding carboxylic acids is 1. The molecule has 0 aliphatic carbocycles. The molecule has 1 fully saturated rings. The SMILES string of the molecule is CCCNc1ccc(C(=O)N2CCN(c3cccc(Cl)c3)CC2)nn1. The topological polar surface area (TPSA) is 61.4 Å². The summed E-state index contributed by atoms with van der Waals surface area (Å²) in [5.41, 5.74) is 1.48. The summed E-state index contributed by atoms with van der Waals surface area (Å²) in [6, 6.07) is 11.3. The molecule has 25 heavy (non-hydrogen) atoms. The van der Waals surface area contributed by atoms with Crippen molar-refractivity contribution in [1.82, 2.24) is 15.1 Å². The monoisotopic (exact) mass is 359 g/mol. The maximum absolute atomic E-state index is 12.6. The lowest BCUT2D eigenvalue weighted by Gasteiger charge is -2.36. The molecule has 0 radical (unpaired) electrons. The number of nitrogens with zero attached hydrogens (tertiary/aromatic N) is 4. The van der Waals surface area contributed by atoms with Crippen LogP contribution < -0.4 is 10.2 Å². The molecule has 1 saturated heterocycles. The molecular weight excluding hydrogens is 338 g/mol. The van der Waals surface area contributed by atoms with Crippen LogP contribution in [0.1, 0.15) is 23.8 Å². The minimum absolute atomic E-state index is 0.0692. The number of benzene rings is 1. The van der Waals surface area contributed by atoms with Crippen LogP contribution in [0, 0.1) is 0 Å². The summed E-state index contributed by atoms with van der Waals surface area (Å²) in [5.74, 6) is 0.629. The van der Waals surface area contributed by atoms with Crippen molar-refractivity contribution in [1.29, 1.82) is 0 Å². The quantitative estimate of drug-likeness (QED) is 0.889. The molecule has 0 unspecified atom stereocenters. The zero-order chi connectivity index (χ0) is 17.6. The maximum Gasteiger partial charge on any atom is 0.274 e. The highest BCUT2D eigenvalue weighted by Gasteiger charge is 2.23. The Kier molecular flexibility index (Phi) is 5.71. The van der Waals surface area contributed by atoms with E-state index in [-0.39, 0.29) is 5.91 Å². The first-order chi connectivity index (χ1) is 12.2. The van der Waals surface area contributed by atoms with Gasteiger partial charge in [0.15, 0.2) is 5.69 Å². The van der Waals surface area contributed by atoms with E-state index in [2.05, 4.69) is 27.3 Å². The number of nitrogens with one attached hydrogen (secondary N) is 1. The fraction of sp³-hybridized carbons (Fsp3) is 0.389. The first kappa shape index (κ1) is 17.5. The normalized spacial score (nSPS) is 14.5. The van der Waals surface area contributed by atoms with Crippen LogP contribution in [0.15, 0.2) is 36.4 Å². The average molecular weight is 360 g/mol. The molecule has 3 rings (SSSR count). The van der Waals surface area contributed by atoms with Crippen LogP contribution in [-0.2, 0) is 0 Å². The van der Waals surface area contributed by atoms with Gasteiger partial charge in [-0.25, -0.2) is 0 Å². The van der Waals surface area contributed by atoms with E-state index in [1.807, 2.05) is 29.2 Å². The number of carbonyl (C=O) groups is 1. The van der Waals surface area contributed by atoms with E-state index in [0.29, 0.717) is 24.6 Å². The van der Waals surface area contributed by atoms with Gasteiger partial charge in [-0.15, -0.1) is 10.2 Å². The molecular formula is C18H22ClN5O. The van der Waals surface area contributed by atoms with Crippen LogP contribution in [0.4, 0.5) is 11.5 Å². The standard InChI is InChI=1S/C18H22ClN5O/c1-2-8-20-17-7-6-16(21-22-17)18(25)24-11-9-23(10-12-24)15-5-3-4-14(19)13-15/h3-7,13H,2,8-12H2,1H3,(H,20,22). The van der Waals surface area contributed by atoms with E-state index < -0.39 is 0 Å². The average Bonchev–Trinajstić information content (AvgIpc) is 2.66. The fourth-order valence-corrected chi connectivity index (χ4v) is 2.98. The molecule has 6 nitrogen and oxygen atoms in total. The number of hydrogen-bond donors (Lipinski definition) is 1. The molecule has 1 aromatic carbocycles. The predicted molar refractivity (Wildman–Crippen MR) is 100 cm³/mol. The second kappa shape index (κ2) is 8.16. The Balaban J connectivity index is 1.58. The van der Waals surface area contributed by atoms with Gasteiger partial charge in [0.05, 0.1) is 0 Å². The molecule has 1 N–H and O–H groups in total. The molecule has 1 aromatic heterocycles. The lowest BCUT2D eigenvalue weighted by atomic mass is 10.2. The molecule has 0 spiro atoms. The molecule has 0 saturated carbocycles. The molecule has 7 heteroatoms. The van der Waals surface area contributed by atoms with Gasteiger partial charge < -0.3 is 15.1 Å². The van der Waals surface area contributed by atoms with E-state index in [0.717, 1.165) is 36.8 Å². The van der Waals surface area contributed by atoms with Gasteiger partial charge in [-0.05, 0) is 36.8 Å². The third-order valence-corrected chi connectivity index (χ3v) is 4.42. The van der Waals surface area contributed by atoms with Gasteiger partial charge in [-0.1, -0.05) is 24.6 Å². The van der Waals surface area contributed by atoms with Crippen LogP contribution in [-0.4, -0.2) is 53.7 Å². The minimum atomic E-state index is -0.0692. The second-order valence-electron chi connectivity index (χ2n) is 5.99. The largest absolute Gasteiger partial charge is 0.369 e. The number of rotatable bonds is 5. The molecule has 0 atom stereocenters. The van der Waals surface area contributed by atoms with Crippen LogP contribution in [0.3, 0.4) is 0 Å². The van der Waals surface area contributed by atoms with Crippen molar-refractivity contribution < 1.29 is 4.79 Å². The third kappa shape index (κ3) is 4.39. The lowest BCUT2D eigenvalue weighted by molar-refractivity contribution is 0.0739. The Hall–Kier alpha value is -2.34. The van der Waals surface area contributed by atoms with Crippen molar-refractivity contribution in [2.45, 2.75) is 13.3 Å². The molecule has 132 valence electrons. The smallest absolute Gasteiger partial charge is 0.274 e. The van der Waals surface area contributed by atoms with E-state index in [1.54, 1.807) is 12.1 Å². The summed E-state index contributed by atoms with van der Waals surface area (Å²) in [4.78, 5) is 16.6. The van der Waals surface area contributed by atoms with Crippen molar-refractivity contribution in [2.75, 3.05) is 42.9 Å². The van der Waals surface area contributed by atoms with E-state index in [9.17, 15) is 4.79 Å². The zero-order valence-corrected chi connectivity index (χ0v) is 15.0. The van der Waals surface area contributed by atoms with Crippen molar-refractivity contribution in [2.24, 2.45) is 0 Å². The third-order valence-electron chi connectivity index (χ3n) is 4.18. The first-order valence-corrected chi connectivity index (χ1v) is 8.92. The van der Waals surface area contributed by atoms with E-state index >= 15 is 0 Å². The number of amides is 1. The molecule has 0 bridgehead atoms. The number of anilines is 2. The number of halogens is 1. The van der Waals surface area contributed by atoms with Gasteiger partial charge in [0.2, 0.25) is 0 Å². The van der Waals surface area contributed by atoms with Crippen molar-refractivity contribution >= 4 is 29.0 Å². The Labute approximate surface area is 152 Å². The highest BCUT2D eigenvalue weighted by atomic mass is 35.5. The van der Waals surface area contributed by atoms with Crippen LogP contribution in [0.5, 0.6) is 0 Å². The Bertz CT molecular complexity index is 714. The summed E-state index contributed by atoms with van der Waals surface area (Å²) in [6.07, 6.45) is 1.01. The summed E-state index contributed by atoms with van der Waals surface area (Å²) < 4.78 is 0. The minimum Gasteiger partial charge on any atom is -0.369 e. The van der Waals surface area contributed by atoms with Crippen molar-refractivity contribution in [3.63, 3.8) is 0 Å². The Morgan fingerprint density at radius 2 is 1.96 bits per heavy atom. The number of piperazine rings is 1. The molecule has 1 aliphatic rings. The fourth-order valence-electron chi connectivity index (χ4n) is 2.80. The van der Waals surface area contributed by atoms with Gasteiger partial charge in [-0.2, -0.15) is 0 Å². The molecule has 1 aliphatic heterocycles. The summed E-state index contributed by atoms with van der Waals surface area (Å²) >= 11 is 6.06. The first-order valence-electron chi connectivity index (χ1n) is 8.55. The summed E-state index contributed by atoms with van der Waals surface area (Å²) in [5, 5.41) is 12.0. The number of aromatic nitrogens is 2. The van der Waals surface area contributed by atoms with Crippen molar-refractivity contribution in [3.05, 3.63) is 47.1 Å². The second-order valence-corrected chi connectivity index (χ2v) is 6.43. The van der Waals surface area contributed by atoms with Crippen LogP contribution >= 0.6 is 11.6 Å². The van der Waals surface area contributed by atoms with Crippen molar-refractivity contribution in [3.8, 4) is 0 Å². The van der Waals surface area contributed by atoms with Gasteiger partial charge >= 0.3 is 0 Å². The maximum atomic E-state index is 12.6. The van der Waals surface area contributed by atoms with Crippen LogP contribution in [0.2, 0.25) is 5.02 Å².